The Kier molecular flexibility index (Phi) is 26.0. The average molecular weight is 557 g/mol. The molecule has 0 N–H and O–H groups in total. The summed E-state index contributed by atoms with van der Waals surface area (Å²) < 4.78 is 0. The van der Waals surface area contributed by atoms with Gasteiger partial charge in [0.05, 0.1) is 0 Å². The molecular formula is C35H80N4. The monoisotopic (exact) mass is 557 g/mol. The zero-order valence-corrected chi connectivity index (χ0v) is 31.1. The van der Waals surface area contributed by atoms with Gasteiger partial charge in [0.1, 0.15) is 0 Å². The van der Waals surface area contributed by atoms with Gasteiger partial charge in [0.2, 0.25) is 0 Å². The topological polar surface area (TPSA) is 13.0 Å². The third-order valence-corrected chi connectivity index (χ3v) is 7.72. The van der Waals surface area contributed by atoms with Gasteiger partial charge in [-0.1, -0.05) is 20.8 Å². The van der Waals surface area contributed by atoms with Crippen molar-refractivity contribution in [2.45, 2.75) is 193 Å². The Morgan fingerprint density at radius 1 is 0.462 bits per heavy atom. The van der Waals surface area contributed by atoms with Crippen LogP contribution in [-0.2, 0) is 0 Å². The van der Waals surface area contributed by atoms with Gasteiger partial charge >= 0.3 is 0 Å². The van der Waals surface area contributed by atoms with Gasteiger partial charge < -0.3 is 4.90 Å². The van der Waals surface area contributed by atoms with Gasteiger partial charge in [-0.3, -0.25) is 14.7 Å². The van der Waals surface area contributed by atoms with E-state index in [2.05, 4.69) is 158 Å². The lowest BCUT2D eigenvalue weighted by atomic mass is 10.1. The molecule has 1 rings (SSSR count). The van der Waals surface area contributed by atoms with Crippen LogP contribution >= 0.6 is 0 Å². The fourth-order valence-corrected chi connectivity index (χ4v) is 4.98. The van der Waals surface area contributed by atoms with Crippen LogP contribution in [-0.4, -0.2) is 94.6 Å². The summed E-state index contributed by atoms with van der Waals surface area (Å²) in [5.74, 6) is 1.81. The van der Waals surface area contributed by atoms with Gasteiger partial charge in [0, 0.05) is 61.4 Å². The van der Waals surface area contributed by atoms with Crippen molar-refractivity contribution < 1.29 is 0 Å². The molecule has 0 radical (unpaired) electrons. The Hall–Kier alpha value is -0.160. The summed E-state index contributed by atoms with van der Waals surface area (Å²) in [6, 6.07) is 5.52. The molecule has 39 heavy (non-hydrogen) atoms. The predicted octanol–water partition coefficient (Wildman–Crippen LogP) is 9.14. The second-order valence-electron chi connectivity index (χ2n) is 14.5. The highest BCUT2D eigenvalue weighted by Gasteiger charge is 2.26. The standard InChI is InChI=1S/C10H21N.C10H23N.C8H19N.C7H17N/c1-8(2)11(9(3)4)7-10-5-6-10;1-8(2)7-11(9(3)4)10(5)6;1-6-9(7(2)3)8(4)5;1-6(2)8(5)7(3)4/h8-10H,5-7H2,1-4H3;8-10H,7H2,1-6H3;7-8H,6H2,1-5H3;6-7H,1-5H3. The summed E-state index contributed by atoms with van der Waals surface area (Å²) in [4.78, 5) is 9.92. The van der Waals surface area contributed by atoms with Crippen LogP contribution in [0.25, 0.3) is 0 Å². The first-order valence-corrected chi connectivity index (χ1v) is 16.7. The Labute approximate surface area is 250 Å². The van der Waals surface area contributed by atoms with Crippen LogP contribution in [0.2, 0.25) is 0 Å². The molecule has 0 aromatic heterocycles. The molecule has 4 nitrogen and oxygen atoms in total. The highest BCUT2D eigenvalue weighted by molar-refractivity contribution is 4.80. The van der Waals surface area contributed by atoms with Crippen LogP contribution < -0.4 is 0 Å². The maximum Gasteiger partial charge on any atom is 0.00414 e. The molecule has 0 amide bonds. The molecule has 0 aromatic rings. The first-order valence-electron chi connectivity index (χ1n) is 16.7. The van der Waals surface area contributed by atoms with Gasteiger partial charge in [-0.25, -0.2) is 0 Å². The van der Waals surface area contributed by atoms with Gasteiger partial charge in [0.25, 0.3) is 0 Å². The maximum absolute atomic E-state index is 2.59. The van der Waals surface area contributed by atoms with E-state index in [-0.39, 0.29) is 0 Å². The van der Waals surface area contributed by atoms with Crippen LogP contribution in [0.3, 0.4) is 0 Å². The lowest BCUT2D eigenvalue weighted by molar-refractivity contribution is 0.155. The van der Waals surface area contributed by atoms with Crippen molar-refractivity contribution >= 4 is 0 Å². The second kappa shape index (κ2) is 23.4. The van der Waals surface area contributed by atoms with Crippen LogP contribution in [0.5, 0.6) is 0 Å². The summed E-state index contributed by atoms with van der Waals surface area (Å²) in [7, 11) is 2.15. The van der Waals surface area contributed by atoms with Gasteiger partial charge in [-0.2, -0.15) is 0 Å². The van der Waals surface area contributed by atoms with Crippen LogP contribution in [0, 0.1) is 11.8 Å². The highest BCUT2D eigenvalue weighted by Crippen LogP contribution is 2.30. The minimum absolute atomic E-state index is 0.676. The lowest BCUT2D eigenvalue weighted by Crippen LogP contribution is -2.39. The van der Waals surface area contributed by atoms with Crippen LogP contribution in [0.15, 0.2) is 0 Å². The normalized spacial score (nSPS) is 14.1. The van der Waals surface area contributed by atoms with E-state index < -0.39 is 0 Å². The summed E-state index contributed by atoms with van der Waals surface area (Å²) >= 11 is 0. The van der Waals surface area contributed by atoms with Crippen LogP contribution in [0.1, 0.15) is 144 Å². The fraction of sp³-hybridized carbons (Fsp3) is 1.00. The van der Waals surface area contributed by atoms with E-state index in [9.17, 15) is 0 Å². The molecule has 240 valence electrons. The molecule has 0 saturated heterocycles. The van der Waals surface area contributed by atoms with E-state index >= 15 is 0 Å². The van der Waals surface area contributed by atoms with Crippen molar-refractivity contribution in [1.29, 1.82) is 0 Å². The van der Waals surface area contributed by atoms with Gasteiger partial charge in [-0.15, -0.1) is 0 Å². The molecule has 1 saturated carbocycles. The molecule has 1 aliphatic rings. The Morgan fingerprint density at radius 2 is 0.769 bits per heavy atom. The molecule has 0 spiro atoms. The largest absolute Gasteiger partial charge is 0.302 e. The molecule has 0 aromatic carbocycles. The van der Waals surface area contributed by atoms with Crippen molar-refractivity contribution in [3.05, 3.63) is 0 Å². The van der Waals surface area contributed by atoms with Gasteiger partial charge in [-0.05, 0) is 149 Å². The number of rotatable bonds is 13. The molecule has 0 atom stereocenters. The Balaban J connectivity index is -0.000000447. The summed E-state index contributed by atoms with van der Waals surface area (Å²) in [5.41, 5.74) is 0. The quantitative estimate of drug-likeness (QED) is 0.224. The summed E-state index contributed by atoms with van der Waals surface area (Å²) in [5, 5.41) is 0. The third kappa shape index (κ3) is 24.2. The number of hydrogen-bond acceptors (Lipinski definition) is 4. The lowest BCUT2D eigenvalue weighted by Gasteiger charge is -2.31. The molecule has 1 fully saturated rings. The van der Waals surface area contributed by atoms with E-state index in [0.717, 1.165) is 30.5 Å². The Morgan fingerprint density at radius 3 is 0.872 bits per heavy atom. The minimum Gasteiger partial charge on any atom is -0.302 e. The third-order valence-electron chi connectivity index (χ3n) is 7.72. The Bertz CT molecular complexity index is 467. The van der Waals surface area contributed by atoms with Crippen molar-refractivity contribution in [2.24, 2.45) is 11.8 Å². The highest BCUT2D eigenvalue weighted by atomic mass is 15.2. The SMILES string of the molecule is CC(C)CN(C(C)C)C(C)C.CC(C)N(C)C(C)C.CC(C)N(CC1CC1)C(C)C.CCN(C(C)C)C(C)C. The smallest absolute Gasteiger partial charge is 0.00414 e. The zero-order valence-electron chi connectivity index (χ0n) is 31.1. The predicted molar refractivity (Wildman–Crippen MR) is 182 cm³/mol. The molecule has 1 aliphatic carbocycles. The molecule has 0 aliphatic heterocycles. The molecular weight excluding hydrogens is 476 g/mol. The molecule has 4 heteroatoms. The number of hydrogen-bond donors (Lipinski definition) is 0. The minimum atomic E-state index is 0.676. The maximum atomic E-state index is 2.59. The van der Waals surface area contributed by atoms with E-state index in [0.29, 0.717) is 36.3 Å². The van der Waals surface area contributed by atoms with Crippen LogP contribution in [0.4, 0.5) is 0 Å². The zero-order chi connectivity index (χ0) is 31.6. The summed E-state index contributed by atoms with van der Waals surface area (Å²) in [6.45, 7) is 46.5. The van der Waals surface area contributed by atoms with Crippen molar-refractivity contribution in [2.75, 3.05) is 26.7 Å². The molecule has 0 heterocycles. The first kappa shape index (κ1) is 43.3. The van der Waals surface area contributed by atoms with Gasteiger partial charge in [0.15, 0.2) is 0 Å². The molecule has 0 unspecified atom stereocenters. The van der Waals surface area contributed by atoms with Crippen molar-refractivity contribution in [1.82, 2.24) is 19.6 Å². The average Bonchev–Trinajstić information content (AvgIpc) is 3.59. The van der Waals surface area contributed by atoms with E-state index in [1.807, 2.05) is 0 Å². The molecule has 0 bridgehead atoms. The van der Waals surface area contributed by atoms with Crippen molar-refractivity contribution in [3.8, 4) is 0 Å². The second-order valence-corrected chi connectivity index (χ2v) is 14.5. The van der Waals surface area contributed by atoms with E-state index in [1.54, 1.807) is 0 Å². The van der Waals surface area contributed by atoms with Crippen molar-refractivity contribution in [3.63, 3.8) is 0 Å². The summed E-state index contributed by atoms with van der Waals surface area (Å²) in [6.07, 6.45) is 2.94. The number of nitrogens with zero attached hydrogens (tertiary/aromatic N) is 4. The fourth-order valence-electron chi connectivity index (χ4n) is 4.98. The van der Waals surface area contributed by atoms with E-state index in [4.69, 9.17) is 0 Å². The van der Waals surface area contributed by atoms with E-state index in [1.165, 1.54) is 25.9 Å². The first-order chi connectivity index (χ1) is 17.7.